The normalized spacial score (nSPS) is 17.2. The van der Waals surface area contributed by atoms with Crippen molar-refractivity contribution in [3.63, 3.8) is 0 Å². The van der Waals surface area contributed by atoms with Crippen molar-refractivity contribution in [2.45, 2.75) is 33.1 Å². The molecule has 0 N–H and O–H groups in total. The molecule has 2 aromatic rings. The van der Waals surface area contributed by atoms with Crippen molar-refractivity contribution < 1.29 is 14.0 Å². The summed E-state index contributed by atoms with van der Waals surface area (Å²) in [4.78, 5) is 31.2. The van der Waals surface area contributed by atoms with Crippen molar-refractivity contribution in [2.75, 3.05) is 13.1 Å². The zero-order valence-electron chi connectivity index (χ0n) is 15.8. The predicted molar refractivity (Wildman–Crippen MR) is 103 cm³/mol. The van der Waals surface area contributed by atoms with Gasteiger partial charge in [0.25, 0.3) is 5.91 Å². The van der Waals surface area contributed by atoms with Crippen LogP contribution < -0.4 is 0 Å². The standard InChI is InChI=1S/C22H25FN2O2/c1-15(2)12-21(26)17-6-5-11-25(14-17)22(27)16-9-10-20(24-13-16)18-7-3-4-8-19(18)23/h3-4,7-10,13,15,17H,5-6,11-12,14H2,1-2H3. The summed E-state index contributed by atoms with van der Waals surface area (Å²) in [5.41, 5.74) is 1.37. The lowest BCUT2D eigenvalue weighted by atomic mass is 9.89. The summed E-state index contributed by atoms with van der Waals surface area (Å²) in [6.07, 6.45) is 3.73. The summed E-state index contributed by atoms with van der Waals surface area (Å²) in [6.45, 7) is 5.19. The Hall–Kier alpha value is -2.56. The van der Waals surface area contributed by atoms with Crippen LogP contribution in [-0.2, 0) is 4.79 Å². The molecule has 1 aliphatic rings. The number of hydrogen-bond donors (Lipinski definition) is 0. The first-order valence-electron chi connectivity index (χ1n) is 9.48. The van der Waals surface area contributed by atoms with Crippen LogP contribution in [-0.4, -0.2) is 34.7 Å². The quantitative estimate of drug-likeness (QED) is 0.788. The van der Waals surface area contributed by atoms with Crippen molar-refractivity contribution in [1.82, 2.24) is 9.88 Å². The van der Waals surface area contributed by atoms with E-state index in [0.29, 0.717) is 42.2 Å². The van der Waals surface area contributed by atoms with Gasteiger partial charge in [-0.05, 0) is 43.0 Å². The number of rotatable bonds is 5. The van der Waals surface area contributed by atoms with Gasteiger partial charge in [0.15, 0.2) is 0 Å². The number of ketones is 1. The number of Topliss-reactive ketones (excluding diaryl/α,β-unsaturated/α-hetero) is 1. The highest BCUT2D eigenvalue weighted by Gasteiger charge is 2.29. The Bertz CT molecular complexity index is 817. The molecule has 1 aromatic carbocycles. The number of hydrogen-bond acceptors (Lipinski definition) is 3. The SMILES string of the molecule is CC(C)CC(=O)C1CCCN(C(=O)c2ccc(-c3ccccc3F)nc2)C1. The van der Waals surface area contributed by atoms with Crippen molar-refractivity contribution in [3.05, 3.63) is 54.0 Å². The molecule has 0 aliphatic carbocycles. The van der Waals surface area contributed by atoms with Crippen molar-refractivity contribution in [1.29, 1.82) is 0 Å². The molecule has 2 heterocycles. The molecule has 27 heavy (non-hydrogen) atoms. The number of aromatic nitrogens is 1. The first-order chi connectivity index (χ1) is 13.0. The van der Waals surface area contributed by atoms with Crippen LogP contribution >= 0.6 is 0 Å². The minimum atomic E-state index is -0.341. The molecule has 1 atom stereocenters. The average molecular weight is 368 g/mol. The van der Waals surface area contributed by atoms with E-state index >= 15 is 0 Å². The van der Waals surface area contributed by atoms with Gasteiger partial charge in [-0.2, -0.15) is 0 Å². The van der Waals surface area contributed by atoms with Gasteiger partial charge < -0.3 is 4.90 Å². The van der Waals surface area contributed by atoms with Gasteiger partial charge in [0.05, 0.1) is 11.3 Å². The zero-order valence-corrected chi connectivity index (χ0v) is 15.8. The average Bonchev–Trinajstić information content (AvgIpc) is 2.67. The van der Waals surface area contributed by atoms with Gasteiger partial charge in [-0.25, -0.2) is 4.39 Å². The Balaban J connectivity index is 1.70. The van der Waals surface area contributed by atoms with Gasteiger partial charge in [0.1, 0.15) is 11.6 Å². The molecule has 3 rings (SSSR count). The van der Waals surface area contributed by atoms with Crippen LogP contribution in [0.25, 0.3) is 11.3 Å². The highest BCUT2D eigenvalue weighted by Crippen LogP contribution is 2.23. The predicted octanol–water partition coefficient (Wildman–Crippen LogP) is 4.36. The second-order valence-corrected chi connectivity index (χ2v) is 7.57. The lowest BCUT2D eigenvalue weighted by Crippen LogP contribution is -2.42. The van der Waals surface area contributed by atoms with E-state index in [9.17, 15) is 14.0 Å². The first-order valence-corrected chi connectivity index (χ1v) is 9.48. The van der Waals surface area contributed by atoms with Crippen LogP contribution in [0.1, 0.15) is 43.5 Å². The third-order valence-electron chi connectivity index (χ3n) is 4.93. The fourth-order valence-corrected chi connectivity index (χ4v) is 3.52. The molecule has 0 saturated carbocycles. The summed E-state index contributed by atoms with van der Waals surface area (Å²) < 4.78 is 13.9. The molecular formula is C22H25FN2O2. The minimum absolute atomic E-state index is 0.0734. The Morgan fingerprint density at radius 3 is 2.67 bits per heavy atom. The lowest BCUT2D eigenvalue weighted by molar-refractivity contribution is -0.124. The summed E-state index contributed by atoms with van der Waals surface area (Å²) in [6, 6.07) is 9.77. The number of benzene rings is 1. The molecule has 1 aliphatic heterocycles. The van der Waals surface area contributed by atoms with Crippen LogP contribution in [0.5, 0.6) is 0 Å². The molecular weight excluding hydrogens is 343 g/mol. The van der Waals surface area contributed by atoms with E-state index in [4.69, 9.17) is 0 Å². The van der Waals surface area contributed by atoms with Crippen molar-refractivity contribution in [3.8, 4) is 11.3 Å². The van der Waals surface area contributed by atoms with Crippen LogP contribution in [0.4, 0.5) is 4.39 Å². The second-order valence-electron chi connectivity index (χ2n) is 7.57. The third-order valence-corrected chi connectivity index (χ3v) is 4.93. The highest BCUT2D eigenvalue weighted by molar-refractivity contribution is 5.94. The molecule has 142 valence electrons. The molecule has 0 radical (unpaired) electrons. The van der Waals surface area contributed by atoms with E-state index in [1.54, 1.807) is 35.2 Å². The summed E-state index contributed by atoms with van der Waals surface area (Å²) in [7, 11) is 0. The Morgan fingerprint density at radius 2 is 2.00 bits per heavy atom. The van der Waals surface area contributed by atoms with Crippen molar-refractivity contribution >= 4 is 11.7 Å². The molecule has 4 nitrogen and oxygen atoms in total. The largest absolute Gasteiger partial charge is 0.338 e. The fourth-order valence-electron chi connectivity index (χ4n) is 3.52. The smallest absolute Gasteiger partial charge is 0.255 e. The molecule has 1 aromatic heterocycles. The Labute approximate surface area is 159 Å². The second kappa shape index (κ2) is 8.42. The highest BCUT2D eigenvalue weighted by atomic mass is 19.1. The molecule has 5 heteroatoms. The molecule has 1 saturated heterocycles. The molecule has 1 unspecified atom stereocenters. The molecule has 0 bridgehead atoms. The maximum Gasteiger partial charge on any atom is 0.255 e. The van der Waals surface area contributed by atoms with Gasteiger partial charge in [-0.1, -0.05) is 26.0 Å². The van der Waals surface area contributed by atoms with E-state index in [-0.39, 0.29) is 23.4 Å². The number of pyridine rings is 1. The number of likely N-dealkylation sites (tertiary alicyclic amines) is 1. The molecule has 0 spiro atoms. The third kappa shape index (κ3) is 4.59. The number of amides is 1. The van der Waals surface area contributed by atoms with Gasteiger partial charge >= 0.3 is 0 Å². The van der Waals surface area contributed by atoms with E-state index in [1.165, 1.54) is 12.3 Å². The number of carbonyl (C=O) groups is 2. The summed E-state index contributed by atoms with van der Waals surface area (Å²) in [5.74, 6) is 0.0428. The van der Waals surface area contributed by atoms with E-state index in [1.807, 2.05) is 13.8 Å². The number of halogens is 1. The van der Waals surface area contributed by atoms with E-state index in [2.05, 4.69) is 4.98 Å². The van der Waals surface area contributed by atoms with Crippen LogP contribution in [0.3, 0.4) is 0 Å². The minimum Gasteiger partial charge on any atom is -0.338 e. The first kappa shape index (κ1) is 19.2. The Kier molecular flexibility index (Phi) is 5.99. The van der Waals surface area contributed by atoms with Crippen LogP contribution in [0.15, 0.2) is 42.6 Å². The number of carbonyl (C=O) groups excluding carboxylic acids is 2. The van der Waals surface area contributed by atoms with E-state index < -0.39 is 0 Å². The zero-order chi connectivity index (χ0) is 19.4. The number of piperidine rings is 1. The molecule has 1 amide bonds. The Morgan fingerprint density at radius 1 is 1.22 bits per heavy atom. The van der Waals surface area contributed by atoms with Gasteiger partial charge in [-0.15, -0.1) is 0 Å². The molecule has 1 fully saturated rings. The van der Waals surface area contributed by atoms with Gasteiger partial charge in [-0.3, -0.25) is 14.6 Å². The monoisotopic (exact) mass is 368 g/mol. The maximum atomic E-state index is 13.9. The number of nitrogens with zero attached hydrogens (tertiary/aromatic N) is 2. The fraction of sp³-hybridized carbons (Fsp3) is 0.409. The topological polar surface area (TPSA) is 50.3 Å². The van der Waals surface area contributed by atoms with Crippen molar-refractivity contribution in [2.24, 2.45) is 11.8 Å². The maximum absolute atomic E-state index is 13.9. The van der Waals surface area contributed by atoms with Crippen LogP contribution in [0, 0.1) is 17.7 Å². The van der Waals surface area contributed by atoms with E-state index in [0.717, 1.165) is 12.8 Å². The lowest BCUT2D eigenvalue weighted by Gasteiger charge is -2.32. The summed E-state index contributed by atoms with van der Waals surface area (Å²) >= 11 is 0. The van der Waals surface area contributed by atoms with Crippen LogP contribution in [0.2, 0.25) is 0 Å². The van der Waals surface area contributed by atoms with Gasteiger partial charge in [0, 0.05) is 37.2 Å². The van der Waals surface area contributed by atoms with Gasteiger partial charge in [0.2, 0.25) is 0 Å². The summed E-state index contributed by atoms with van der Waals surface area (Å²) in [5, 5.41) is 0.